The molecule has 0 fully saturated rings. The first-order chi connectivity index (χ1) is 13.7. The van der Waals surface area contributed by atoms with Gasteiger partial charge in [0.1, 0.15) is 11.5 Å². The Balaban J connectivity index is 2.10. The molecule has 0 aromatic heterocycles. The fourth-order valence-electron chi connectivity index (χ4n) is 3.53. The van der Waals surface area contributed by atoms with Crippen molar-refractivity contribution in [1.82, 2.24) is 0 Å². The topological polar surface area (TPSA) is 35.5 Å². The van der Waals surface area contributed by atoms with Crippen molar-refractivity contribution in [2.45, 2.75) is 6.92 Å². The Morgan fingerprint density at radius 1 is 0.750 bits per heavy atom. The maximum Gasteiger partial charge on any atom is 0.308 e. The second-order valence-electron chi connectivity index (χ2n) is 6.51. The number of ether oxygens (including phenoxy) is 2. The average Bonchev–Trinajstić information content (AvgIpc) is 2.74. The minimum absolute atomic E-state index is 0.353. The van der Waals surface area contributed by atoms with Crippen molar-refractivity contribution in [3.8, 4) is 33.8 Å². The maximum absolute atomic E-state index is 11.9. The molecule has 4 aromatic carbocycles. The fourth-order valence-corrected chi connectivity index (χ4v) is 3.53. The van der Waals surface area contributed by atoms with Gasteiger partial charge in [-0.1, -0.05) is 78.9 Å². The summed E-state index contributed by atoms with van der Waals surface area (Å²) in [6.07, 6.45) is 0. The van der Waals surface area contributed by atoms with Gasteiger partial charge in [-0.15, -0.1) is 0 Å². The highest BCUT2D eigenvalue weighted by Gasteiger charge is 2.19. The Morgan fingerprint density at radius 2 is 1.36 bits per heavy atom. The average molecular weight is 368 g/mol. The molecule has 0 bridgehead atoms. The van der Waals surface area contributed by atoms with E-state index in [0.717, 1.165) is 38.8 Å². The quantitative estimate of drug-likeness (QED) is 0.322. The Morgan fingerprint density at radius 3 is 1.93 bits per heavy atom. The zero-order valence-corrected chi connectivity index (χ0v) is 15.8. The van der Waals surface area contributed by atoms with Gasteiger partial charge in [0, 0.05) is 23.3 Å². The van der Waals surface area contributed by atoms with Gasteiger partial charge in [0.15, 0.2) is 0 Å². The number of rotatable bonds is 4. The third-order valence-corrected chi connectivity index (χ3v) is 4.71. The molecular formula is C25H20O3. The molecule has 4 aromatic rings. The van der Waals surface area contributed by atoms with E-state index in [-0.39, 0.29) is 5.97 Å². The molecule has 0 amide bonds. The molecule has 0 aliphatic carbocycles. The van der Waals surface area contributed by atoms with E-state index in [1.54, 1.807) is 7.11 Å². The summed E-state index contributed by atoms with van der Waals surface area (Å²) in [5.74, 6) is 0.935. The van der Waals surface area contributed by atoms with Gasteiger partial charge in [0.25, 0.3) is 0 Å². The molecule has 28 heavy (non-hydrogen) atoms. The molecule has 3 nitrogen and oxygen atoms in total. The predicted molar refractivity (Wildman–Crippen MR) is 113 cm³/mol. The zero-order chi connectivity index (χ0) is 19.5. The standard InChI is InChI=1S/C25H20O3/c1-17(26)28-25-21-15-9-14-20(18-10-5-3-6-11-18)24(21)23(27-2)16-22(25)19-12-7-4-8-13-19/h3-16H,1-2H3. The molecule has 0 saturated heterocycles. The zero-order valence-electron chi connectivity index (χ0n) is 15.8. The van der Waals surface area contributed by atoms with E-state index in [4.69, 9.17) is 9.47 Å². The normalized spacial score (nSPS) is 10.6. The van der Waals surface area contributed by atoms with Gasteiger partial charge >= 0.3 is 5.97 Å². The van der Waals surface area contributed by atoms with Crippen molar-refractivity contribution < 1.29 is 14.3 Å². The third-order valence-electron chi connectivity index (χ3n) is 4.71. The van der Waals surface area contributed by atoms with Gasteiger partial charge in [-0.3, -0.25) is 4.79 Å². The minimum Gasteiger partial charge on any atom is -0.496 e. The van der Waals surface area contributed by atoms with Crippen LogP contribution in [0.15, 0.2) is 84.9 Å². The Bertz CT molecular complexity index is 1130. The van der Waals surface area contributed by atoms with Gasteiger partial charge in [-0.25, -0.2) is 0 Å². The van der Waals surface area contributed by atoms with Crippen LogP contribution in [0.3, 0.4) is 0 Å². The summed E-state index contributed by atoms with van der Waals surface area (Å²) in [6, 6.07) is 27.9. The summed E-state index contributed by atoms with van der Waals surface area (Å²) in [6.45, 7) is 1.42. The van der Waals surface area contributed by atoms with Crippen LogP contribution in [0.5, 0.6) is 11.5 Å². The van der Waals surface area contributed by atoms with Crippen molar-refractivity contribution in [2.24, 2.45) is 0 Å². The predicted octanol–water partition coefficient (Wildman–Crippen LogP) is 6.11. The number of hydrogen-bond acceptors (Lipinski definition) is 3. The Kier molecular flexibility index (Phi) is 4.81. The van der Waals surface area contributed by atoms with E-state index >= 15 is 0 Å². The molecule has 0 unspecified atom stereocenters. The number of fused-ring (bicyclic) bond motifs is 1. The summed E-state index contributed by atoms with van der Waals surface area (Å²) >= 11 is 0. The minimum atomic E-state index is -0.353. The molecule has 0 saturated carbocycles. The smallest absolute Gasteiger partial charge is 0.308 e. The van der Waals surface area contributed by atoms with Crippen LogP contribution in [-0.4, -0.2) is 13.1 Å². The molecule has 0 atom stereocenters. The summed E-state index contributed by atoms with van der Waals surface area (Å²) in [5.41, 5.74) is 3.89. The van der Waals surface area contributed by atoms with Crippen LogP contribution < -0.4 is 9.47 Å². The molecular weight excluding hydrogens is 348 g/mol. The first-order valence-corrected chi connectivity index (χ1v) is 9.12. The number of hydrogen-bond donors (Lipinski definition) is 0. The first kappa shape index (κ1) is 17.8. The number of esters is 1. The van der Waals surface area contributed by atoms with E-state index < -0.39 is 0 Å². The first-order valence-electron chi connectivity index (χ1n) is 9.12. The monoisotopic (exact) mass is 368 g/mol. The van der Waals surface area contributed by atoms with Gasteiger partial charge in [0.2, 0.25) is 0 Å². The van der Waals surface area contributed by atoms with Gasteiger partial charge in [-0.05, 0) is 22.8 Å². The van der Waals surface area contributed by atoms with E-state index in [2.05, 4.69) is 18.2 Å². The van der Waals surface area contributed by atoms with Crippen molar-refractivity contribution in [3.05, 3.63) is 84.9 Å². The largest absolute Gasteiger partial charge is 0.496 e. The van der Waals surface area contributed by atoms with Crippen LogP contribution in [0.2, 0.25) is 0 Å². The molecule has 0 aliphatic heterocycles. The van der Waals surface area contributed by atoms with Gasteiger partial charge < -0.3 is 9.47 Å². The fraction of sp³-hybridized carbons (Fsp3) is 0.0800. The lowest BCUT2D eigenvalue weighted by atomic mass is 9.93. The van der Waals surface area contributed by atoms with E-state index in [9.17, 15) is 4.79 Å². The summed E-state index contributed by atoms with van der Waals surface area (Å²) < 4.78 is 11.5. The second-order valence-corrected chi connectivity index (χ2v) is 6.51. The highest BCUT2D eigenvalue weighted by atomic mass is 16.5. The Hall–Kier alpha value is -3.59. The molecule has 138 valence electrons. The molecule has 4 rings (SSSR count). The second kappa shape index (κ2) is 7.57. The number of methoxy groups -OCH3 is 1. The lowest BCUT2D eigenvalue weighted by molar-refractivity contribution is -0.131. The molecule has 0 aliphatic rings. The highest BCUT2D eigenvalue weighted by molar-refractivity contribution is 6.08. The van der Waals surface area contributed by atoms with Gasteiger partial charge in [-0.2, -0.15) is 0 Å². The van der Waals surface area contributed by atoms with Crippen LogP contribution in [0.1, 0.15) is 6.92 Å². The van der Waals surface area contributed by atoms with E-state index in [1.807, 2.05) is 66.7 Å². The molecule has 0 heterocycles. The molecule has 0 N–H and O–H groups in total. The van der Waals surface area contributed by atoms with E-state index in [1.165, 1.54) is 6.92 Å². The lowest BCUT2D eigenvalue weighted by Gasteiger charge is -2.18. The van der Waals surface area contributed by atoms with Crippen LogP contribution in [0.25, 0.3) is 33.0 Å². The summed E-state index contributed by atoms with van der Waals surface area (Å²) in [5, 5.41) is 1.77. The number of benzene rings is 4. The number of carbonyl (C=O) groups excluding carboxylic acids is 1. The SMILES string of the molecule is COc1cc(-c2ccccc2)c(OC(C)=O)c2cccc(-c3ccccc3)c12. The van der Waals surface area contributed by atoms with Crippen molar-refractivity contribution in [2.75, 3.05) is 7.11 Å². The molecule has 3 heteroatoms. The van der Waals surface area contributed by atoms with Crippen LogP contribution in [0, 0.1) is 0 Å². The lowest BCUT2D eigenvalue weighted by Crippen LogP contribution is -2.04. The summed E-state index contributed by atoms with van der Waals surface area (Å²) in [7, 11) is 1.66. The summed E-state index contributed by atoms with van der Waals surface area (Å²) in [4.78, 5) is 11.9. The van der Waals surface area contributed by atoms with Crippen molar-refractivity contribution >= 4 is 16.7 Å². The van der Waals surface area contributed by atoms with E-state index in [0.29, 0.717) is 5.75 Å². The maximum atomic E-state index is 11.9. The number of carbonyl (C=O) groups is 1. The van der Waals surface area contributed by atoms with Crippen LogP contribution in [-0.2, 0) is 4.79 Å². The van der Waals surface area contributed by atoms with Gasteiger partial charge in [0.05, 0.1) is 7.11 Å². The molecule has 0 radical (unpaired) electrons. The third kappa shape index (κ3) is 3.23. The van der Waals surface area contributed by atoms with Crippen LogP contribution in [0.4, 0.5) is 0 Å². The Labute approximate surface area is 164 Å². The van der Waals surface area contributed by atoms with Crippen LogP contribution >= 0.6 is 0 Å². The van der Waals surface area contributed by atoms with Crippen molar-refractivity contribution in [3.63, 3.8) is 0 Å². The highest BCUT2D eigenvalue weighted by Crippen LogP contribution is 2.45. The van der Waals surface area contributed by atoms with Crippen molar-refractivity contribution in [1.29, 1.82) is 0 Å². The molecule has 0 spiro atoms.